The van der Waals surface area contributed by atoms with Crippen molar-refractivity contribution in [3.8, 4) is 0 Å². The minimum Gasteiger partial charge on any atom is -0.476 e. The van der Waals surface area contributed by atoms with E-state index in [0.29, 0.717) is 4.38 Å². The molecule has 0 aromatic rings. The zero-order valence-electron chi connectivity index (χ0n) is 6.29. The summed E-state index contributed by atoms with van der Waals surface area (Å²) in [4.78, 5) is 0. The highest BCUT2D eigenvalue weighted by Crippen LogP contribution is 2.07. The van der Waals surface area contributed by atoms with Crippen LogP contribution in [0.3, 0.4) is 0 Å². The van der Waals surface area contributed by atoms with Crippen molar-refractivity contribution >= 4 is 28.4 Å². The monoisotopic (exact) mass is 176 g/mol. The van der Waals surface area contributed by atoms with Crippen molar-refractivity contribution in [3.05, 3.63) is 12.7 Å². The lowest BCUT2D eigenvalue weighted by molar-refractivity contribution is 0.243. The van der Waals surface area contributed by atoms with E-state index >= 15 is 0 Å². The summed E-state index contributed by atoms with van der Waals surface area (Å²) in [5.41, 5.74) is 0. The summed E-state index contributed by atoms with van der Waals surface area (Å²) in [5.74, 6) is 0.825. The van der Waals surface area contributed by atoms with Gasteiger partial charge in [-0.15, -0.1) is 6.58 Å². The lowest BCUT2D eigenvalue weighted by Gasteiger charge is -2.08. The molecule has 0 spiro atoms. The van der Waals surface area contributed by atoms with Gasteiger partial charge in [0, 0.05) is 5.75 Å². The Labute approximate surface area is 71.8 Å². The molecule has 0 heterocycles. The van der Waals surface area contributed by atoms with Gasteiger partial charge in [0.2, 0.25) is 4.38 Å². The van der Waals surface area contributed by atoms with Gasteiger partial charge in [-0.05, 0) is 26.1 Å². The zero-order chi connectivity index (χ0) is 7.98. The SMILES string of the molecule is C=CCSC(=S)OC(C)C. The van der Waals surface area contributed by atoms with Gasteiger partial charge in [0.05, 0.1) is 6.10 Å². The Morgan fingerprint density at radius 2 is 2.40 bits per heavy atom. The zero-order valence-corrected chi connectivity index (χ0v) is 7.93. The molecule has 0 N–H and O–H groups in total. The lowest BCUT2D eigenvalue weighted by Crippen LogP contribution is -2.05. The van der Waals surface area contributed by atoms with Gasteiger partial charge in [-0.2, -0.15) is 0 Å². The third-order valence-electron chi connectivity index (χ3n) is 0.651. The Morgan fingerprint density at radius 1 is 1.80 bits per heavy atom. The van der Waals surface area contributed by atoms with Gasteiger partial charge in [-0.1, -0.05) is 17.8 Å². The molecule has 0 radical (unpaired) electrons. The normalized spacial score (nSPS) is 9.50. The van der Waals surface area contributed by atoms with Crippen LogP contribution < -0.4 is 0 Å². The van der Waals surface area contributed by atoms with Crippen LogP contribution in [-0.4, -0.2) is 16.2 Å². The van der Waals surface area contributed by atoms with Crippen molar-refractivity contribution in [2.45, 2.75) is 20.0 Å². The Kier molecular flexibility index (Phi) is 5.73. The minimum atomic E-state index is 0.185. The van der Waals surface area contributed by atoms with Gasteiger partial charge in [-0.25, -0.2) is 0 Å². The smallest absolute Gasteiger partial charge is 0.220 e. The highest BCUT2D eigenvalue weighted by Gasteiger charge is 1.98. The molecule has 10 heavy (non-hydrogen) atoms. The molecule has 0 saturated heterocycles. The molecule has 0 atom stereocenters. The van der Waals surface area contributed by atoms with Crippen LogP contribution in [0.4, 0.5) is 0 Å². The quantitative estimate of drug-likeness (QED) is 0.483. The summed E-state index contributed by atoms with van der Waals surface area (Å²) in [6.07, 6.45) is 1.99. The number of hydrogen-bond acceptors (Lipinski definition) is 3. The lowest BCUT2D eigenvalue weighted by atomic mass is 10.5. The standard InChI is InChI=1S/C7H12OS2/c1-4-5-10-7(9)8-6(2)3/h4,6H,1,5H2,2-3H3. The molecule has 0 bridgehead atoms. The summed E-state index contributed by atoms with van der Waals surface area (Å²) in [5, 5.41) is 0. The molecule has 1 nitrogen and oxygen atoms in total. The van der Waals surface area contributed by atoms with Crippen molar-refractivity contribution in [1.29, 1.82) is 0 Å². The van der Waals surface area contributed by atoms with Crippen LogP contribution in [0.1, 0.15) is 13.8 Å². The van der Waals surface area contributed by atoms with E-state index < -0.39 is 0 Å². The van der Waals surface area contributed by atoms with Crippen molar-refractivity contribution in [1.82, 2.24) is 0 Å². The van der Waals surface area contributed by atoms with Gasteiger partial charge in [-0.3, -0.25) is 0 Å². The predicted molar refractivity (Wildman–Crippen MR) is 51.5 cm³/mol. The summed E-state index contributed by atoms with van der Waals surface area (Å²) in [7, 11) is 0. The fourth-order valence-corrected chi connectivity index (χ4v) is 1.26. The van der Waals surface area contributed by atoms with Crippen molar-refractivity contribution < 1.29 is 4.74 Å². The first kappa shape index (κ1) is 9.98. The highest BCUT2D eigenvalue weighted by atomic mass is 32.2. The molecular formula is C7H12OS2. The molecular weight excluding hydrogens is 164 g/mol. The maximum Gasteiger partial charge on any atom is 0.220 e. The second-order valence-electron chi connectivity index (χ2n) is 2.02. The third kappa shape index (κ3) is 6.11. The second-order valence-corrected chi connectivity index (χ2v) is 3.64. The molecule has 0 saturated carbocycles. The van der Waals surface area contributed by atoms with Gasteiger partial charge in [0.25, 0.3) is 0 Å². The van der Waals surface area contributed by atoms with Crippen LogP contribution >= 0.6 is 24.0 Å². The van der Waals surface area contributed by atoms with Gasteiger partial charge in [0.15, 0.2) is 0 Å². The summed E-state index contributed by atoms with van der Waals surface area (Å²) < 4.78 is 5.81. The van der Waals surface area contributed by atoms with E-state index in [4.69, 9.17) is 17.0 Å². The van der Waals surface area contributed by atoms with E-state index in [1.807, 2.05) is 13.8 Å². The summed E-state index contributed by atoms with van der Waals surface area (Å²) in [6, 6.07) is 0. The molecule has 0 aliphatic carbocycles. The van der Waals surface area contributed by atoms with Gasteiger partial charge >= 0.3 is 0 Å². The van der Waals surface area contributed by atoms with E-state index in [9.17, 15) is 0 Å². The van der Waals surface area contributed by atoms with Gasteiger partial charge in [0.1, 0.15) is 0 Å². The molecule has 0 aliphatic rings. The molecule has 0 aliphatic heterocycles. The highest BCUT2D eigenvalue weighted by molar-refractivity contribution is 8.22. The molecule has 58 valence electrons. The fourth-order valence-electron chi connectivity index (χ4n) is 0.353. The van der Waals surface area contributed by atoms with Crippen LogP contribution in [-0.2, 0) is 4.74 Å². The van der Waals surface area contributed by atoms with Crippen molar-refractivity contribution in [2.75, 3.05) is 5.75 Å². The number of thiocarbonyl (C=S) groups is 1. The molecule has 3 heteroatoms. The van der Waals surface area contributed by atoms with Crippen molar-refractivity contribution in [3.63, 3.8) is 0 Å². The Hall–Kier alpha value is -0.0200. The summed E-state index contributed by atoms with van der Waals surface area (Å²) in [6.45, 7) is 7.49. The number of rotatable bonds is 3. The third-order valence-corrected chi connectivity index (χ3v) is 1.84. The first-order valence-corrected chi connectivity index (χ1v) is 4.50. The average molecular weight is 176 g/mol. The number of ether oxygens (including phenoxy) is 1. The minimum absolute atomic E-state index is 0.185. The molecule has 0 amide bonds. The molecule has 0 rings (SSSR count). The topological polar surface area (TPSA) is 9.23 Å². The van der Waals surface area contributed by atoms with Gasteiger partial charge < -0.3 is 4.74 Å². The number of hydrogen-bond donors (Lipinski definition) is 0. The van der Waals surface area contributed by atoms with Crippen LogP contribution in [0.5, 0.6) is 0 Å². The Bertz CT molecular complexity index is 121. The van der Waals surface area contributed by atoms with Crippen LogP contribution in [0.25, 0.3) is 0 Å². The van der Waals surface area contributed by atoms with Crippen LogP contribution in [0.2, 0.25) is 0 Å². The van der Waals surface area contributed by atoms with Crippen LogP contribution in [0, 0.1) is 0 Å². The fraction of sp³-hybridized carbons (Fsp3) is 0.571. The largest absolute Gasteiger partial charge is 0.476 e. The molecule has 0 unspecified atom stereocenters. The van der Waals surface area contributed by atoms with E-state index in [1.165, 1.54) is 11.8 Å². The Morgan fingerprint density at radius 3 is 2.80 bits per heavy atom. The van der Waals surface area contributed by atoms with E-state index in [-0.39, 0.29) is 6.10 Å². The van der Waals surface area contributed by atoms with Crippen LogP contribution in [0.15, 0.2) is 12.7 Å². The van der Waals surface area contributed by atoms with Crippen molar-refractivity contribution in [2.24, 2.45) is 0 Å². The average Bonchev–Trinajstić information content (AvgIpc) is 1.82. The molecule has 0 fully saturated rings. The first-order chi connectivity index (χ1) is 4.66. The van der Waals surface area contributed by atoms with E-state index in [0.717, 1.165) is 5.75 Å². The molecule has 0 aromatic carbocycles. The second kappa shape index (κ2) is 5.74. The van der Waals surface area contributed by atoms with E-state index in [2.05, 4.69) is 6.58 Å². The maximum absolute atomic E-state index is 5.20. The Balaban J connectivity index is 3.34. The molecule has 0 aromatic heterocycles. The first-order valence-electron chi connectivity index (χ1n) is 3.11. The maximum atomic E-state index is 5.20. The summed E-state index contributed by atoms with van der Waals surface area (Å²) >= 11 is 6.38. The van der Waals surface area contributed by atoms with E-state index in [1.54, 1.807) is 6.08 Å². The number of thioether (sulfide) groups is 1. The predicted octanol–water partition coefficient (Wildman–Crippen LogP) is 2.62.